The van der Waals surface area contributed by atoms with Crippen molar-refractivity contribution in [3.8, 4) is 0 Å². The van der Waals surface area contributed by atoms with Crippen molar-refractivity contribution in [2.75, 3.05) is 52.4 Å². The first-order valence-corrected chi connectivity index (χ1v) is 7.53. The van der Waals surface area contributed by atoms with Crippen molar-refractivity contribution in [3.05, 3.63) is 0 Å². The monoisotopic (exact) mass is 268 g/mol. The first kappa shape index (κ1) is 14.9. The maximum absolute atomic E-state index is 11.7. The molecule has 2 heterocycles. The van der Waals surface area contributed by atoms with Crippen LogP contribution < -0.4 is 11.1 Å². The molecule has 2 atom stereocenters. The van der Waals surface area contributed by atoms with Crippen molar-refractivity contribution in [1.82, 2.24) is 15.1 Å². The van der Waals surface area contributed by atoms with E-state index in [1.54, 1.807) is 0 Å². The van der Waals surface area contributed by atoms with Gasteiger partial charge in [0.2, 0.25) is 0 Å². The third-order valence-corrected chi connectivity index (χ3v) is 4.64. The highest BCUT2D eigenvalue weighted by Crippen LogP contribution is 2.33. The number of nitrogens with zero attached hydrogens (tertiary/aromatic N) is 2. The number of aldehydes is 1. The molecule has 0 aromatic carbocycles. The second kappa shape index (κ2) is 6.79. The summed E-state index contributed by atoms with van der Waals surface area (Å²) >= 11 is 0. The number of carbonyl (C=O) groups excluding carboxylic acids is 1. The Morgan fingerprint density at radius 2 is 2.11 bits per heavy atom. The minimum atomic E-state index is -0.137. The highest BCUT2D eigenvalue weighted by molar-refractivity contribution is 5.60. The van der Waals surface area contributed by atoms with Crippen LogP contribution in [0.25, 0.3) is 0 Å². The van der Waals surface area contributed by atoms with Crippen molar-refractivity contribution in [2.45, 2.75) is 25.8 Å². The molecule has 0 aliphatic carbocycles. The molecule has 3 N–H and O–H groups in total. The molecule has 0 spiro atoms. The van der Waals surface area contributed by atoms with Crippen molar-refractivity contribution in [3.63, 3.8) is 0 Å². The summed E-state index contributed by atoms with van der Waals surface area (Å²) in [7, 11) is 0. The van der Waals surface area contributed by atoms with Gasteiger partial charge in [0.1, 0.15) is 6.29 Å². The minimum absolute atomic E-state index is 0.137. The SMILES string of the molecule is CC1CC(C=O)(CN2CCNCC2)CCN1CCN. The third-order valence-electron chi connectivity index (χ3n) is 4.64. The number of nitrogens with one attached hydrogen (secondary N) is 1. The van der Waals surface area contributed by atoms with Gasteiger partial charge in [-0.05, 0) is 26.3 Å². The van der Waals surface area contributed by atoms with Gasteiger partial charge in [-0.25, -0.2) is 0 Å². The Morgan fingerprint density at radius 1 is 1.37 bits per heavy atom. The molecule has 2 aliphatic heterocycles. The normalized spacial score (nSPS) is 34.3. The number of nitrogens with two attached hydrogens (primary N) is 1. The van der Waals surface area contributed by atoms with E-state index in [-0.39, 0.29) is 5.41 Å². The molecule has 0 saturated carbocycles. The molecule has 5 heteroatoms. The zero-order valence-electron chi connectivity index (χ0n) is 12.1. The Bertz CT molecular complexity index is 293. The van der Waals surface area contributed by atoms with Gasteiger partial charge >= 0.3 is 0 Å². The fraction of sp³-hybridized carbons (Fsp3) is 0.929. The number of hydrogen-bond acceptors (Lipinski definition) is 5. The summed E-state index contributed by atoms with van der Waals surface area (Å²) in [4.78, 5) is 16.5. The lowest BCUT2D eigenvalue weighted by Gasteiger charge is -2.45. The van der Waals surface area contributed by atoms with Crippen LogP contribution in [0.2, 0.25) is 0 Å². The number of piperazine rings is 1. The molecule has 2 aliphatic rings. The fourth-order valence-electron chi connectivity index (χ4n) is 3.51. The summed E-state index contributed by atoms with van der Waals surface area (Å²) in [6.45, 7) is 10.0. The molecular weight excluding hydrogens is 240 g/mol. The van der Waals surface area contributed by atoms with E-state index in [0.717, 1.165) is 58.7 Å². The van der Waals surface area contributed by atoms with Crippen molar-refractivity contribution >= 4 is 6.29 Å². The molecule has 19 heavy (non-hydrogen) atoms. The molecular formula is C14H28N4O. The minimum Gasteiger partial charge on any atom is -0.329 e. The molecule has 2 saturated heterocycles. The van der Waals surface area contributed by atoms with E-state index in [2.05, 4.69) is 22.0 Å². The summed E-state index contributed by atoms with van der Waals surface area (Å²) in [6.07, 6.45) is 3.18. The average Bonchev–Trinajstić information content (AvgIpc) is 2.43. The van der Waals surface area contributed by atoms with Crippen molar-refractivity contribution in [2.24, 2.45) is 11.1 Å². The average molecular weight is 268 g/mol. The third kappa shape index (κ3) is 3.75. The Labute approximate surface area is 116 Å². The molecule has 0 aromatic heterocycles. The number of hydrogen-bond donors (Lipinski definition) is 2. The summed E-state index contributed by atoms with van der Waals surface area (Å²) < 4.78 is 0. The Morgan fingerprint density at radius 3 is 2.68 bits per heavy atom. The van der Waals surface area contributed by atoms with E-state index in [1.165, 1.54) is 6.29 Å². The van der Waals surface area contributed by atoms with Crippen LogP contribution >= 0.6 is 0 Å². The molecule has 2 unspecified atom stereocenters. The van der Waals surface area contributed by atoms with Gasteiger partial charge in [0.05, 0.1) is 0 Å². The van der Waals surface area contributed by atoms with E-state index < -0.39 is 0 Å². The van der Waals surface area contributed by atoms with Gasteiger partial charge in [0, 0.05) is 57.3 Å². The zero-order chi connectivity index (χ0) is 13.7. The van der Waals surface area contributed by atoms with Crippen LogP contribution in [-0.4, -0.2) is 74.5 Å². The molecule has 0 bridgehead atoms. The van der Waals surface area contributed by atoms with Gasteiger partial charge in [0.25, 0.3) is 0 Å². The predicted octanol–water partition coefficient (Wildman–Crippen LogP) is -0.480. The summed E-state index contributed by atoms with van der Waals surface area (Å²) in [5, 5.41) is 3.36. The summed E-state index contributed by atoms with van der Waals surface area (Å²) in [5.74, 6) is 0. The van der Waals surface area contributed by atoms with Gasteiger partial charge in [-0.3, -0.25) is 9.80 Å². The standard InChI is InChI=1S/C14H28N4O/c1-13-10-14(12-19,2-6-18(13)7-3-15)11-17-8-4-16-5-9-17/h12-13,16H,2-11,15H2,1H3. The van der Waals surface area contributed by atoms with Gasteiger partial charge in [-0.2, -0.15) is 0 Å². The van der Waals surface area contributed by atoms with Gasteiger partial charge in [-0.15, -0.1) is 0 Å². The van der Waals surface area contributed by atoms with Crippen molar-refractivity contribution in [1.29, 1.82) is 0 Å². The highest BCUT2D eigenvalue weighted by Gasteiger charge is 2.39. The number of carbonyl (C=O) groups is 1. The second-order valence-corrected chi connectivity index (χ2v) is 6.13. The maximum Gasteiger partial charge on any atom is 0.127 e. The van der Waals surface area contributed by atoms with Crippen LogP contribution in [0.3, 0.4) is 0 Å². The molecule has 0 radical (unpaired) electrons. The van der Waals surface area contributed by atoms with E-state index in [4.69, 9.17) is 5.73 Å². The predicted molar refractivity (Wildman–Crippen MR) is 77.1 cm³/mol. The van der Waals surface area contributed by atoms with Crippen LogP contribution in [0.15, 0.2) is 0 Å². The van der Waals surface area contributed by atoms with Gasteiger partial charge in [0.15, 0.2) is 0 Å². The van der Waals surface area contributed by atoms with Crippen LogP contribution in [0.4, 0.5) is 0 Å². The lowest BCUT2D eigenvalue weighted by molar-refractivity contribution is -0.121. The largest absolute Gasteiger partial charge is 0.329 e. The molecule has 110 valence electrons. The van der Waals surface area contributed by atoms with E-state index in [1.807, 2.05) is 0 Å². The van der Waals surface area contributed by atoms with E-state index in [9.17, 15) is 4.79 Å². The van der Waals surface area contributed by atoms with E-state index in [0.29, 0.717) is 12.6 Å². The van der Waals surface area contributed by atoms with Crippen LogP contribution in [0.5, 0.6) is 0 Å². The molecule has 5 nitrogen and oxygen atoms in total. The fourth-order valence-corrected chi connectivity index (χ4v) is 3.51. The summed E-state index contributed by atoms with van der Waals surface area (Å²) in [6, 6.07) is 0.463. The maximum atomic E-state index is 11.7. The smallest absolute Gasteiger partial charge is 0.127 e. The number of rotatable bonds is 5. The van der Waals surface area contributed by atoms with Crippen molar-refractivity contribution < 1.29 is 4.79 Å². The Kier molecular flexibility index (Phi) is 5.33. The van der Waals surface area contributed by atoms with Crippen LogP contribution in [0.1, 0.15) is 19.8 Å². The quantitative estimate of drug-likeness (QED) is 0.660. The summed E-state index contributed by atoms with van der Waals surface area (Å²) in [5.41, 5.74) is 5.51. The van der Waals surface area contributed by atoms with Crippen LogP contribution in [0, 0.1) is 5.41 Å². The van der Waals surface area contributed by atoms with E-state index >= 15 is 0 Å². The number of piperidine rings is 1. The Hall–Kier alpha value is -0.490. The molecule has 0 aromatic rings. The first-order valence-electron chi connectivity index (χ1n) is 7.53. The zero-order valence-corrected chi connectivity index (χ0v) is 12.1. The molecule has 0 amide bonds. The number of likely N-dealkylation sites (tertiary alicyclic amines) is 1. The lowest BCUT2D eigenvalue weighted by Crippen LogP contribution is -2.54. The molecule has 2 fully saturated rings. The van der Waals surface area contributed by atoms with Crippen LogP contribution in [-0.2, 0) is 4.79 Å². The highest BCUT2D eigenvalue weighted by atomic mass is 16.1. The lowest BCUT2D eigenvalue weighted by atomic mass is 9.76. The topological polar surface area (TPSA) is 61.6 Å². The Balaban J connectivity index is 1.93. The van der Waals surface area contributed by atoms with Gasteiger partial charge < -0.3 is 15.8 Å². The van der Waals surface area contributed by atoms with Gasteiger partial charge in [-0.1, -0.05) is 0 Å². The first-order chi connectivity index (χ1) is 9.19. The molecule has 2 rings (SSSR count). The second-order valence-electron chi connectivity index (χ2n) is 6.13.